The third kappa shape index (κ3) is 4.05. The van der Waals surface area contributed by atoms with E-state index in [0.29, 0.717) is 0 Å². The van der Waals surface area contributed by atoms with Crippen LogP contribution < -0.4 is 4.72 Å². The van der Waals surface area contributed by atoms with Crippen LogP contribution in [-0.2, 0) is 0 Å². The van der Waals surface area contributed by atoms with E-state index in [4.69, 9.17) is 0 Å². The molecule has 6 heavy (non-hydrogen) atoms. The highest BCUT2D eigenvalue weighted by Gasteiger charge is 1.74. The van der Waals surface area contributed by atoms with E-state index in [9.17, 15) is 0 Å². The Morgan fingerprint density at radius 3 is 2.33 bits per heavy atom. The monoisotopic (exact) mass is 103 g/mol. The SMILES string of the molecule is C=C(C)SNC. The summed E-state index contributed by atoms with van der Waals surface area (Å²) in [6.45, 7) is 5.60. The molecule has 0 saturated heterocycles. The van der Waals surface area contributed by atoms with Crippen LogP contribution >= 0.6 is 11.9 Å². The molecule has 36 valence electrons. The number of nitrogens with one attached hydrogen (secondary N) is 1. The van der Waals surface area contributed by atoms with Crippen LogP contribution in [0.4, 0.5) is 0 Å². The fourth-order valence-electron chi connectivity index (χ4n) is 0.174. The van der Waals surface area contributed by atoms with Gasteiger partial charge >= 0.3 is 0 Å². The van der Waals surface area contributed by atoms with Gasteiger partial charge in [0, 0.05) is 0 Å². The van der Waals surface area contributed by atoms with Gasteiger partial charge in [-0.1, -0.05) is 18.5 Å². The van der Waals surface area contributed by atoms with E-state index in [-0.39, 0.29) is 0 Å². The minimum absolute atomic E-state index is 1.09. The van der Waals surface area contributed by atoms with E-state index in [0.717, 1.165) is 4.91 Å². The summed E-state index contributed by atoms with van der Waals surface area (Å²) in [6.07, 6.45) is 0. The number of hydrogen-bond donors (Lipinski definition) is 1. The zero-order valence-corrected chi connectivity index (χ0v) is 4.93. The van der Waals surface area contributed by atoms with E-state index in [1.807, 2.05) is 14.0 Å². The predicted molar refractivity (Wildman–Crippen MR) is 31.5 cm³/mol. The van der Waals surface area contributed by atoms with E-state index >= 15 is 0 Å². The molecule has 0 spiro atoms. The second-order valence-electron chi connectivity index (χ2n) is 1.01. The first-order valence-electron chi connectivity index (χ1n) is 1.76. The van der Waals surface area contributed by atoms with Crippen molar-refractivity contribution in [1.82, 2.24) is 4.72 Å². The third-order valence-electron chi connectivity index (χ3n) is 0.276. The summed E-state index contributed by atoms with van der Waals surface area (Å²) < 4.78 is 2.88. The minimum Gasteiger partial charge on any atom is -0.263 e. The zero-order chi connectivity index (χ0) is 4.99. The molecule has 1 N–H and O–H groups in total. The molecule has 2 heteroatoms. The zero-order valence-electron chi connectivity index (χ0n) is 4.12. The summed E-state index contributed by atoms with van der Waals surface area (Å²) in [5.74, 6) is 0. The van der Waals surface area contributed by atoms with E-state index in [1.165, 1.54) is 0 Å². The highest BCUT2D eigenvalue weighted by Crippen LogP contribution is 2.02. The molecular formula is C4H9NS. The topological polar surface area (TPSA) is 12.0 Å². The van der Waals surface area contributed by atoms with Crippen LogP contribution in [0.25, 0.3) is 0 Å². The van der Waals surface area contributed by atoms with Crippen LogP contribution in [0.3, 0.4) is 0 Å². The van der Waals surface area contributed by atoms with Crippen molar-refractivity contribution in [2.75, 3.05) is 7.05 Å². The van der Waals surface area contributed by atoms with Gasteiger partial charge in [-0.05, 0) is 18.9 Å². The largest absolute Gasteiger partial charge is 0.263 e. The maximum Gasteiger partial charge on any atom is -0.00532 e. The van der Waals surface area contributed by atoms with Crippen LogP contribution in [0.2, 0.25) is 0 Å². The molecule has 0 saturated carbocycles. The standard InChI is InChI=1S/C4H9NS/c1-4(2)6-5-3/h5H,1H2,2-3H3. The molecule has 0 aromatic rings. The summed E-state index contributed by atoms with van der Waals surface area (Å²) in [5.41, 5.74) is 0. The lowest BCUT2D eigenvalue weighted by Gasteiger charge is -1.89. The van der Waals surface area contributed by atoms with Gasteiger partial charge in [0.25, 0.3) is 0 Å². The molecule has 0 aliphatic carbocycles. The molecule has 0 amide bonds. The van der Waals surface area contributed by atoms with Crippen molar-refractivity contribution in [3.63, 3.8) is 0 Å². The first-order valence-corrected chi connectivity index (χ1v) is 2.58. The summed E-state index contributed by atoms with van der Waals surface area (Å²) in [5, 5.41) is 0. The number of rotatable bonds is 2. The quantitative estimate of drug-likeness (QED) is 0.530. The molecule has 0 atom stereocenters. The highest BCUT2D eigenvalue weighted by molar-refractivity contribution is 8.01. The van der Waals surface area contributed by atoms with Gasteiger partial charge in [0.2, 0.25) is 0 Å². The van der Waals surface area contributed by atoms with Crippen LogP contribution in [-0.4, -0.2) is 7.05 Å². The van der Waals surface area contributed by atoms with E-state index in [1.54, 1.807) is 11.9 Å². The van der Waals surface area contributed by atoms with E-state index < -0.39 is 0 Å². The Morgan fingerprint density at radius 1 is 1.83 bits per heavy atom. The maximum atomic E-state index is 3.65. The molecule has 0 heterocycles. The van der Waals surface area contributed by atoms with Crippen LogP contribution in [0, 0.1) is 0 Å². The van der Waals surface area contributed by atoms with Gasteiger partial charge in [-0.25, -0.2) is 0 Å². The van der Waals surface area contributed by atoms with Crippen molar-refractivity contribution in [1.29, 1.82) is 0 Å². The van der Waals surface area contributed by atoms with Crippen LogP contribution in [0.15, 0.2) is 11.5 Å². The van der Waals surface area contributed by atoms with Crippen molar-refractivity contribution in [2.45, 2.75) is 6.92 Å². The van der Waals surface area contributed by atoms with Crippen molar-refractivity contribution < 1.29 is 0 Å². The normalized spacial score (nSPS) is 8.33. The maximum absolute atomic E-state index is 3.65. The Morgan fingerprint density at radius 2 is 2.33 bits per heavy atom. The Kier molecular flexibility index (Phi) is 3.28. The molecule has 1 nitrogen and oxygen atoms in total. The van der Waals surface area contributed by atoms with Gasteiger partial charge in [0.1, 0.15) is 0 Å². The second-order valence-corrected chi connectivity index (χ2v) is 2.32. The van der Waals surface area contributed by atoms with Gasteiger partial charge in [0.15, 0.2) is 0 Å². The Labute approximate surface area is 43.0 Å². The molecule has 0 bridgehead atoms. The lowest BCUT2D eigenvalue weighted by Crippen LogP contribution is -1.88. The summed E-state index contributed by atoms with van der Waals surface area (Å²) in [4.78, 5) is 1.09. The predicted octanol–water partition coefficient (Wildman–Crippen LogP) is 1.39. The highest BCUT2D eigenvalue weighted by atomic mass is 32.2. The van der Waals surface area contributed by atoms with Crippen LogP contribution in [0.5, 0.6) is 0 Å². The lowest BCUT2D eigenvalue weighted by atomic mass is 10.8. The van der Waals surface area contributed by atoms with Gasteiger partial charge < -0.3 is 0 Å². The summed E-state index contributed by atoms with van der Waals surface area (Å²) in [7, 11) is 1.87. The minimum atomic E-state index is 1.09. The first kappa shape index (κ1) is 6.05. The average Bonchev–Trinajstić information content (AvgIpc) is 1.35. The second kappa shape index (κ2) is 3.25. The molecular weight excluding hydrogens is 94.1 g/mol. The number of hydrogen-bond acceptors (Lipinski definition) is 2. The molecule has 0 aromatic heterocycles. The molecule has 0 radical (unpaired) electrons. The third-order valence-corrected chi connectivity index (χ3v) is 0.829. The molecule has 0 aromatic carbocycles. The smallest absolute Gasteiger partial charge is 0.00532 e. The molecule has 0 unspecified atom stereocenters. The van der Waals surface area contributed by atoms with Gasteiger partial charge in [-0.3, -0.25) is 4.72 Å². The first-order chi connectivity index (χ1) is 2.77. The van der Waals surface area contributed by atoms with Crippen LogP contribution in [0.1, 0.15) is 6.92 Å². The molecule has 0 rings (SSSR count). The van der Waals surface area contributed by atoms with Crippen molar-refractivity contribution in [3.8, 4) is 0 Å². The van der Waals surface area contributed by atoms with Gasteiger partial charge in [-0.2, -0.15) is 0 Å². The fraction of sp³-hybridized carbons (Fsp3) is 0.500. The summed E-state index contributed by atoms with van der Waals surface area (Å²) >= 11 is 1.54. The average molecular weight is 103 g/mol. The van der Waals surface area contributed by atoms with E-state index in [2.05, 4.69) is 11.3 Å². The van der Waals surface area contributed by atoms with Gasteiger partial charge in [-0.15, -0.1) is 0 Å². The Hall–Kier alpha value is 0.0500. The summed E-state index contributed by atoms with van der Waals surface area (Å²) in [6, 6.07) is 0. The molecule has 0 aliphatic rings. The van der Waals surface area contributed by atoms with Gasteiger partial charge in [0.05, 0.1) is 0 Å². The Balaban J connectivity index is 2.83. The Bertz CT molecular complexity index is 51.5. The lowest BCUT2D eigenvalue weighted by molar-refractivity contribution is 1.30. The van der Waals surface area contributed by atoms with Crippen molar-refractivity contribution in [3.05, 3.63) is 11.5 Å². The fourth-order valence-corrected chi connectivity index (χ4v) is 0.523. The van der Waals surface area contributed by atoms with Crippen molar-refractivity contribution in [2.24, 2.45) is 0 Å². The van der Waals surface area contributed by atoms with Crippen molar-refractivity contribution >= 4 is 11.9 Å². The number of allylic oxidation sites excluding steroid dienone is 1. The molecule has 0 fully saturated rings. The molecule has 0 aliphatic heterocycles.